The van der Waals surface area contributed by atoms with Gasteiger partial charge in [-0.05, 0) is 32.3 Å². The summed E-state index contributed by atoms with van der Waals surface area (Å²) in [5, 5.41) is 4.09. The minimum Gasteiger partial charge on any atom is -0.354 e. The van der Waals surface area contributed by atoms with Crippen molar-refractivity contribution in [2.24, 2.45) is 0 Å². The molecule has 5 nitrogen and oxygen atoms in total. The van der Waals surface area contributed by atoms with E-state index in [2.05, 4.69) is 27.2 Å². The van der Waals surface area contributed by atoms with Crippen molar-refractivity contribution in [2.45, 2.75) is 52.9 Å². The van der Waals surface area contributed by atoms with Gasteiger partial charge in [-0.2, -0.15) is 4.98 Å². The first-order chi connectivity index (χ1) is 10.2. The summed E-state index contributed by atoms with van der Waals surface area (Å²) in [5.41, 5.74) is 2.52. The molecule has 0 saturated carbocycles. The Bertz CT molecular complexity index is 663. The monoisotopic (exact) mass is 288 g/mol. The van der Waals surface area contributed by atoms with Crippen LogP contribution in [0.2, 0.25) is 0 Å². The lowest BCUT2D eigenvalue weighted by Crippen LogP contribution is -2.11. The normalized spacial score (nSPS) is 11.0. The van der Waals surface area contributed by atoms with Gasteiger partial charge in [-0.1, -0.05) is 26.2 Å². The Morgan fingerprint density at radius 3 is 2.71 bits per heavy atom. The number of hydrogen-bond acceptors (Lipinski definition) is 4. The van der Waals surface area contributed by atoms with E-state index in [0.29, 0.717) is 11.6 Å². The van der Waals surface area contributed by atoms with Crippen molar-refractivity contribution in [2.75, 3.05) is 11.9 Å². The molecule has 0 atom stereocenters. The number of fused-ring (bicyclic) bond motifs is 1. The van der Waals surface area contributed by atoms with E-state index in [-0.39, 0.29) is 5.56 Å². The van der Waals surface area contributed by atoms with Gasteiger partial charge in [0.2, 0.25) is 11.5 Å². The highest BCUT2D eigenvalue weighted by Gasteiger charge is 2.10. The van der Waals surface area contributed by atoms with Crippen molar-refractivity contribution in [1.82, 2.24) is 15.0 Å². The second kappa shape index (κ2) is 7.20. The molecule has 0 aromatic carbocycles. The van der Waals surface area contributed by atoms with Crippen LogP contribution in [-0.2, 0) is 6.42 Å². The van der Waals surface area contributed by atoms with Crippen LogP contribution in [0.25, 0.3) is 11.0 Å². The molecule has 0 fully saturated rings. The van der Waals surface area contributed by atoms with E-state index in [4.69, 9.17) is 0 Å². The molecular formula is C16H24N4O. The fraction of sp³-hybridized carbons (Fsp3) is 0.562. The maximum absolute atomic E-state index is 11.8. The van der Waals surface area contributed by atoms with Crippen LogP contribution >= 0.6 is 0 Å². The van der Waals surface area contributed by atoms with E-state index >= 15 is 0 Å². The summed E-state index contributed by atoms with van der Waals surface area (Å²) in [6.07, 6.45) is 5.65. The van der Waals surface area contributed by atoms with Crippen molar-refractivity contribution in [1.29, 1.82) is 0 Å². The molecule has 2 heterocycles. The van der Waals surface area contributed by atoms with Gasteiger partial charge in [0.25, 0.3) is 0 Å². The second-order valence-corrected chi connectivity index (χ2v) is 5.36. The highest BCUT2D eigenvalue weighted by Crippen LogP contribution is 2.20. The van der Waals surface area contributed by atoms with Crippen molar-refractivity contribution >= 4 is 17.0 Å². The number of hydrogen-bond donors (Lipinski definition) is 2. The third-order valence-corrected chi connectivity index (χ3v) is 3.59. The fourth-order valence-corrected chi connectivity index (χ4v) is 2.61. The molecule has 2 aromatic rings. The lowest BCUT2D eigenvalue weighted by Gasteiger charge is -2.10. The predicted molar refractivity (Wildman–Crippen MR) is 86.9 cm³/mol. The highest BCUT2D eigenvalue weighted by atomic mass is 16.1. The molecule has 0 unspecified atom stereocenters. The van der Waals surface area contributed by atoms with Crippen LogP contribution in [0.1, 0.15) is 50.8 Å². The first kappa shape index (κ1) is 15.5. The second-order valence-electron chi connectivity index (χ2n) is 5.36. The molecule has 0 saturated heterocycles. The van der Waals surface area contributed by atoms with Gasteiger partial charge < -0.3 is 10.3 Å². The topological polar surface area (TPSA) is 70.7 Å². The molecule has 2 aromatic heterocycles. The van der Waals surface area contributed by atoms with E-state index in [9.17, 15) is 4.79 Å². The summed E-state index contributed by atoms with van der Waals surface area (Å²) < 4.78 is 0. The van der Waals surface area contributed by atoms with Crippen molar-refractivity contribution in [3.8, 4) is 0 Å². The predicted octanol–water partition coefficient (Wildman–Crippen LogP) is 3.18. The van der Waals surface area contributed by atoms with Crippen molar-refractivity contribution in [3.05, 3.63) is 27.7 Å². The third kappa shape index (κ3) is 3.80. The minimum absolute atomic E-state index is 0.0893. The van der Waals surface area contributed by atoms with E-state index in [1.165, 1.54) is 19.3 Å². The Kier molecular flexibility index (Phi) is 5.31. The molecule has 0 spiro atoms. The van der Waals surface area contributed by atoms with Gasteiger partial charge in [0, 0.05) is 18.0 Å². The average molecular weight is 288 g/mol. The first-order valence-electron chi connectivity index (χ1n) is 7.80. The van der Waals surface area contributed by atoms with Crippen LogP contribution in [0.3, 0.4) is 0 Å². The Morgan fingerprint density at radius 2 is 2.00 bits per heavy atom. The van der Waals surface area contributed by atoms with Gasteiger partial charge in [0.05, 0.1) is 5.69 Å². The molecule has 5 heteroatoms. The number of unbranched alkanes of at least 4 members (excludes halogenated alkanes) is 3. The molecule has 21 heavy (non-hydrogen) atoms. The van der Waals surface area contributed by atoms with Crippen LogP contribution in [0.4, 0.5) is 5.95 Å². The van der Waals surface area contributed by atoms with Crippen LogP contribution < -0.4 is 10.9 Å². The molecule has 0 radical (unpaired) electrons. The number of aryl methyl sites for hydroxylation is 2. The Hall–Kier alpha value is -1.91. The Morgan fingerprint density at radius 1 is 1.19 bits per heavy atom. The maximum Gasteiger partial charge on any atom is 0.249 e. The molecule has 0 aliphatic rings. The largest absolute Gasteiger partial charge is 0.354 e. The van der Waals surface area contributed by atoms with E-state index in [1.54, 1.807) is 6.07 Å². The zero-order valence-corrected chi connectivity index (χ0v) is 13.1. The third-order valence-electron chi connectivity index (χ3n) is 3.59. The lowest BCUT2D eigenvalue weighted by molar-refractivity contribution is 0.667. The number of aromatic amines is 1. The minimum atomic E-state index is -0.0893. The van der Waals surface area contributed by atoms with Crippen LogP contribution in [0.5, 0.6) is 0 Å². The number of nitrogens with one attached hydrogen (secondary N) is 2. The molecule has 0 amide bonds. The number of rotatable bonds is 7. The zero-order chi connectivity index (χ0) is 15.2. The molecule has 114 valence electrons. The SMILES string of the molecule is CCCCCCc1cc(=O)[nH]c2nc(NCC)nc(C)c12. The van der Waals surface area contributed by atoms with Gasteiger partial charge in [0.15, 0.2) is 0 Å². The average Bonchev–Trinajstić information content (AvgIpc) is 2.43. The smallest absolute Gasteiger partial charge is 0.249 e. The van der Waals surface area contributed by atoms with Gasteiger partial charge >= 0.3 is 0 Å². The first-order valence-corrected chi connectivity index (χ1v) is 7.80. The van der Waals surface area contributed by atoms with Gasteiger partial charge in [-0.15, -0.1) is 0 Å². The van der Waals surface area contributed by atoms with Crippen molar-refractivity contribution in [3.63, 3.8) is 0 Å². The van der Waals surface area contributed by atoms with Crippen LogP contribution in [0, 0.1) is 6.92 Å². The Labute approximate surface area is 125 Å². The summed E-state index contributed by atoms with van der Waals surface area (Å²) in [4.78, 5) is 23.6. The van der Waals surface area contributed by atoms with Crippen molar-refractivity contribution < 1.29 is 0 Å². The molecule has 0 aliphatic heterocycles. The summed E-state index contributed by atoms with van der Waals surface area (Å²) in [7, 11) is 0. The standard InChI is InChI=1S/C16H24N4O/c1-4-6-7-8-9-12-10-13(21)19-15-14(12)11(3)18-16(20-15)17-5-2/h10H,4-9H2,1-3H3,(H2,17,18,19,20,21). The molecule has 2 rings (SSSR count). The number of nitrogens with zero attached hydrogens (tertiary/aromatic N) is 2. The number of H-pyrrole nitrogens is 1. The molecular weight excluding hydrogens is 264 g/mol. The zero-order valence-electron chi connectivity index (χ0n) is 13.1. The van der Waals surface area contributed by atoms with Gasteiger partial charge in [0.1, 0.15) is 5.65 Å². The summed E-state index contributed by atoms with van der Waals surface area (Å²) in [6.45, 7) is 6.92. The summed E-state index contributed by atoms with van der Waals surface area (Å²) >= 11 is 0. The molecule has 0 bridgehead atoms. The number of aromatic nitrogens is 3. The lowest BCUT2D eigenvalue weighted by atomic mass is 10.0. The van der Waals surface area contributed by atoms with Gasteiger partial charge in [-0.3, -0.25) is 4.79 Å². The van der Waals surface area contributed by atoms with Gasteiger partial charge in [-0.25, -0.2) is 4.98 Å². The highest BCUT2D eigenvalue weighted by molar-refractivity contribution is 5.81. The van der Waals surface area contributed by atoms with Crippen LogP contribution in [-0.4, -0.2) is 21.5 Å². The molecule has 0 aliphatic carbocycles. The maximum atomic E-state index is 11.8. The Balaban J connectivity index is 2.38. The quantitative estimate of drug-likeness (QED) is 0.768. The fourth-order valence-electron chi connectivity index (χ4n) is 2.61. The van der Waals surface area contributed by atoms with E-state index in [1.807, 2.05) is 13.8 Å². The summed E-state index contributed by atoms with van der Waals surface area (Å²) in [6, 6.07) is 1.69. The van der Waals surface area contributed by atoms with Crippen LogP contribution in [0.15, 0.2) is 10.9 Å². The molecule has 2 N–H and O–H groups in total. The number of pyridine rings is 1. The van der Waals surface area contributed by atoms with E-state index in [0.717, 1.165) is 36.0 Å². The van der Waals surface area contributed by atoms with E-state index < -0.39 is 0 Å². The number of anilines is 1. The summed E-state index contributed by atoms with van der Waals surface area (Å²) in [5.74, 6) is 0.571.